The van der Waals surface area contributed by atoms with Crippen LogP contribution in [0.5, 0.6) is 0 Å². The van der Waals surface area contributed by atoms with Crippen molar-refractivity contribution < 1.29 is 0 Å². The molecule has 0 bridgehead atoms. The molecule has 0 amide bonds. The van der Waals surface area contributed by atoms with Gasteiger partial charge < -0.3 is 5.32 Å². The number of aryl methyl sites for hydroxylation is 2. The van der Waals surface area contributed by atoms with Gasteiger partial charge in [0.1, 0.15) is 0 Å². The molecule has 0 aliphatic carbocycles. The van der Waals surface area contributed by atoms with Crippen molar-refractivity contribution >= 4 is 0 Å². The predicted octanol–water partition coefficient (Wildman–Crippen LogP) is 2.82. The predicted molar refractivity (Wildman–Crippen MR) is 68.4 cm³/mol. The van der Waals surface area contributed by atoms with Gasteiger partial charge in [-0.15, -0.1) is 0 Å². The fraction of sp³-hybridized carbons (Fsp3) is 0.769. The van der Waals surface area contributed by atoms with E-state index in [2.05, 4.69) is 44.2 Å². The van der Waals surface area contributed by atoms with Crippen LogP contribution in [0.4, 0.5) is 0 Å². The minimum Gasteiger partial charge on any atom is -0.309 e. The van der Waals surface area contributed by atoms with Gasteiger partial charge in [0.2, 0.25) is 0 Å². The van der Waals surface area contributed by atoms with E-state index in [9.17, 15) is 0 Å². The van der Waals surface area contributed by atoms with Crippen molar-refractivity contribution in [3.05, 3.63) is 17.5 Å². The topological polar surface area (TPSA) is 29.9 Å². The number of nitrogens with zero attached hydrogens (tertiary/aromatic N) is 2. The summed E-state index contributed by atoms with van der Waals surface area (Å²) in [5.41, 5.74) is 2.41. The summed E-state index contributed by atoms with van der Waals surface area (Å²) in [5, 5.41) is 8.01. The molecule has 0 fully saturated rings. The molecule has 16 heavy (non-hydrogen) atoms. The summed E-state index contributed by atoms with van der Waals surface area (Å²) >= 11 is 0. The van der Waals surface area contributed by atoms with Gasteiger partial charge in [-0.05, 0) is 31.9 Å². The second-order valence-electron chi connectivity index (χ2n) is 4.64. The molecule has 3 heteroatoms. The largest absolute Gasteiger partial charge is 0.309 e. The molecule has 0 aliphatic rings. The summed E-state index contributed by atoms with van der Waals surface area (Å²) in [5.74, 6) is 0.653. The molecule has 1 N–H and O–H groups in total. The van der Waals surface area contributed by atoms with Crippen LogP contribution in [0, 0.1) is 12.8 Å². The van der Waals surface area contributed by atoms with Gasteiger partial charge in [-0.3, -0.25) is 4.68 Å². The Balaban J connectivity index is 2.88. The molecule has 0 saturated heterocycles. The molecule has 2 atom stereocenters. The number of nitrogens with one attached hydrogen (secondary N) is 1. The van der Waals surface area contributed by atoms with Gasteiger partial charge in [0, 0.05) is 7.05 Å². The highest BCUT2D eigenvalue weighted by Crippen LogP contribution is 2.25. The fourth-order valence-electron chi connectivity index (χ4n) is 2.36. The van der Waals surface area contributed by atoms with Crippen LogP contribution in [0.3, 0.4) is 0 Å². The Morgan fingerprint density at radius 3 is 2.56 bits per heavy atom. The number of aromatic nitrogens is 2. The zero-order valence-corrected chi connectivity index (χ0v) is 11.2. The van der Waals surface area contributed by atoms with Crippen molar-refractivity contribution in [2.75, 3.05) is 6.54 Å². The Morgan fingerprint density at radius 2 is 2.12 bits per heavy atom. The lowest BCUT2D eigenvalue weighted by molar-refractivity contribution is 0.352. The molecule has 1 heterocycles. The van der Waals surface area contributed by atoms with Crippen molar-refractivity contribution in [3.63, 3.8) is 0 Å². The van der Waals surface area contributed by atoms with Crippen LogP contribution in [0.25, 0.3) is 0 Å². The van der Waals surface area contributed by atoms with Crippen molar-refractivity contribution in [2.24, 2.45) is 13.0 Å². The van der Waals surface area contributed by atoms with Gasteiger partial charge >= 0.3 is 0 Å². The maximum Gasteiger partial charge on any atom is 0.0597 e. The molecule has 1 aromatic heterocycles. The zero-order valence-electron chi connectivity index (χ0n) is 11.2. The summed E-state index contributed by atoms with van der Waals surface area (Å²) in [6.45, 7) is 9.78. The molecular formula is C13H25N3. The van der Waals surface area contributed by atoms with Crippen molar-refractivity contribution in [2.45, 2.75) is 46.6 Å². The molecular weight excluding hydrogens is 198 g/mol. The lowest BCUT2D eigenvalue weighted by atomic mass is 9.94. The summed E-state index contributed by atoms with van der Waals surface area (Å²) < 4.78 is 2.01. The molecule has 92 valence electrons. The van der Waals surface area contributed by atoms with E-state index in [-0.39, 0.29) is 0 Å². The second-order valence-corrected chi connectivity index (χ2v) is 4.64. The molecule has 1 rings (SSSR count). The van der Waals surface area contributed by atoms with Gasteiger partial charge in [0.15, 0.2) is 0 Å². The minimum atomic E-state index is 0.427. The second kappa shape index (κ2) is 6.04. The molecule has 0 aromatic carbocycles. The van der Waals surface area contributed by atoms with Gasteiger partial charge in [-0.1, -0.05) is 27.2 Å². The number of hydrogen-bond donors (Lipinski definition) is 1. The highest BCUT2D eigenvalue weighted by atomic mass is 15.3. The quantitative estimate of drug-likeness (QED) is 0.803. The maximum atomic E-state index is 4.43. The average molecular weight is 223 g/mol. The van der Waals surface area contributed by atoms with Crippen LogP contribution >= 0.6 is 0 Å². The van der Waals surface area contributed by atoms with Crippen LogP contribution in [0.1, 0.15) is 51.0 Å². The zero-order chi connectivity index (χ0) is 12.1. The van der Waals surface area contributed by atoms with E-state index in [1.165, 1.54) is 18.5 Å². The van der Waals surface area contributed by atoms with E-state index in [1.807, 2.05) is 11.7 Å². The third-order valence-corrected chi connectivity index (χ3v) is 3.09. The molecule has 0 radical (unpaired) electrons. The van der Waals surface area contributed by atoms with Crippen LogP contribution in [-0.2, 0) is 7.05 Å². The van der Waals surface area contributed by atoms with E-state index in [1.54, 1.807) is 0 Å². The SMILES string of the molecule is CCCC(C)C(NCC)c1cc(C)nn1C. The molecule has 3 nitrogen and oxygen atoms in total. The Labute approximate surface area is 99.2 Å². The first kappa shape index (κ1) is 13.2. The highest BCUT2D eigenvalue weighted by Gasteiger charge is 2.20. The van der Waals surface area contributed by atoms with Gasteiger partial charge in [-0.25, -0.2) is 0 Å². The van der Waals surface area contributed by atoms with Gasteiger partial charge in [0.05, 0.1) is 17.4 Å². The van der Waals surface area contributed by atoms with Crippen LogP contribution < -0.4 is 5.32 Å². The first-order chi connectivity index (χ1) is 7.60. The van der Waals surface area contributed by atoms with Crippen LogP contribution in [0.2, 0.25) is 0 Å². The minimum absolute atomic E-state index is 0.427. The fourth-order valence-corrected chi connectivity index (χ4v) is 2.36. The van der Waals surface area contributed by atoms with Gasteiger partial charge in [0.25, 0.3) is 0 Å². The van der Waals surface area contributed by atoms with E-state index in [0.29, 0.717) is 12.0 Å². The summed E-state index contributed by atoms with van der Waals surface area (Å²) in [6, 6.07) is 2.62. The Bertz CT molecular complexity index is 317. The molecule has 0 saturated carbocycles. The molecule has 2 unspecified atom stereocenters. The lowest BCUT2D eigenvalue weighted by Crippen LogP contribution is -2.28. The highest BCUT2D eigenvalue weighted by molar-refractivity contribution is 5.13. The monoisotopic (exact) mass is 223 g/mol. The first-order valence-corrected chi connectivity index (χ1v) is 6.34. The van der Waals surface area contributed by atoms with E-state index < -0.39 is 0 Å². The Kier molecular flexibility index (Phi) is 5.00. The van der Waals surface area contributed by atoms with E-state index in [0.717, 1.165) is 12.2 Å². The summed E-state index contributed by atoms with van der Waals surface area (Å²) in [7, 11) is 2.03. The normalized spacial score (nSPS) is 15.1. The Morgan fingerprint density at radius 1 is 1.44 bits per heavy atom. The first-order valence-electron chi connectivity index (χ1n) is 6.34. The average Bonchev–Trinajstić information content (AvgIpc) is 2.54. The van der Waals surface area contributed by atoms with Crippen LogP contribution in [0.15, 0.2) is 6.07 Å². The third-order valence-electron chi connectivity index (χ3n) is 3.09. The maximum absolute atomic E-state index is 4.43. The van der Waals surface area contributed by atoms with E-state index >= 15 is 0 Å². The van der Waals surface area contributed by atoms with Gasteiger partial charge in [-0.2, -0.15) is 5.10 Å². The van der Waals surface area contributed by atoms with Crippen LogP contribution in [-0.4, -0.2) is 16.3 Å². The molecule has 1 aromatic rings. The van der Waals surface area contributed by atoms with E-state index in [4.69, 9.17) is 0 Å². The standard InChI is InChI=1S/C13H25N3/c1-6-8-10(3)13(14-7-2)12-9-11(4)15-16(12)5/h9-10,13-14H,6-8H2,1-5H3. The third kappa shape index (κ3) is 3.08. The number of rotatable bonds is 6. The van der Waals surface area contributed by atoms with Crippen molar-refractivity contribution in [3.8, 4) is 0 Å². The number of hydrogen-bond acceptors (Lipinski definition) is 2. The smallest absolute Gasteiger partial charge is 0.0597 e. The van der Waals surface area contributed by atoms with Crippen molar-refractivity contribution in [1.82, 2.24) is 15.1 Å². The Hall–Kier alpha value is -0.830. The molecule has 0 aliphatic heterocycles. The molecule has 0 spiro atoms. The summed E-state index contributed by atoms with van der Waals surface area (Å²) in [4.78, 5) is 0. The summed E-state index contributed by atoms with van der Waals surface area (Å²) in [6.07, 6.45) is 2.49. The lowest BCUT2D eigenvalue weighted by Gasteiger charge is -2.24. The van der Waals surface area contributed by atoms with Crippen molar-refractivity contribution in [1.29, 1.82) is 0 Å².